The van der Waals surface area contributed by atoms with Gasteiger partial charge in [-0.05, 0) is 12.1 Å². The molecule has 0 fully saturated rings. The molecule has 1 heterocycles. The maximum absolute atomic E-state index is 12.0. The SMILES string of the molecule is O=S(=O)(C1=NOC(CCl)C1)c1ccccc1. The number of nitrogens with zero attached hydrogens (tertiary/aromatic N) is 1. The monoisotopic (exact) mass is 259 g/mol. The van der Waals surface area contributed by atoms with E-state index in [1.54, 1.807) is 18.2 Å². The van der Waals surface area contributed by atoms with Crippen molar-refractivity contribution >= 4 is 26.5 Å². The summed E-state index contributed by atoms with van der Waals surface area (Å²) in [7, 11) is -3.52. The lowest BCUT2D eigenvalue weighted by atomic mass is 10.3. The zero-order valence-electron chi connectivity index (χ0n) is 8.34. The van der Waals surface area contributed by atoms with Crippen LogP contribution in [0.2, 0.25) is 0 Å². The molecular weight excluding hydrogens is 250 g/mol. The molecule has 1 aliphatic rings. The van der Waals surface area contributed by atoms with Crippen molar-refractivity contribution < 1.29 is 13.3 Å². The number of rotatable bonds is 2. The highest BCUT2D eigenvalue weighted by Gasteiger charge is 2.31. The summed E-state index contributed by atoms with van der Waals surface area (Å²) in [6.45, 7) is 0. The Balaban J connectivity index is 2.29. The Morgan fingerprint density at radius 1 is 1.38 bits per heavy atom. The van der Waals surface area contributed by atoms with Crippen LogP contribution in [0.25, 0.3) is 0 Å². The zero-order chi connectivity index (χ0) is 11.6. The van der Waals surface area contributed by atoms with E-state index in [4.69, 9.17) is 16.4 Å². The maximum atomic E-state index is 12.0. The van der Waals surface area contributed by atoms with Crippen LogP contribution in [0.15, 0.2) is 40.4 Å². The molecule has 1 aliphatic heterocycles. The highest BCUT2D eigenvalue weighted by atomic mass is 35.5. The van der Waals surface area contributed by atoms with Gasteiger partial charge >= 0.3 is 0 Å². The van der Waals surface area contributed by atoms with Crippen molar-refractivity contribution in [2.45, 2.75) is 17.4 Å². The van der Waals surface area contributed by atoms with Crippen LogP contribution in [0.5, 0.6) is 0 Å². The Kier molecular flexibility index (Phi) is 3.16. The van der Waals surface area contributed by atoms with Gasteiger partial charge in [-0.3, -0.25) is 0 Å². The van der Waals surface area contributed by atoms with Crippen LogP contribution in [-0.4, -0.2) is 25.4 Å². The summed E-state index contributed by atoms with van der Waals surface area (Å²) in [4.78, 5) is 5.13. The van der Waals surface area contributed by atoms with E-state index in [1.165, 1.54) is 12.1 Å². The van der Waals surface area contributed by atoms with E-state index in [0.29, 0.717) is 0 Å². The molecule has 16 heavy (non-hydrogen) atoms. The Hall–Kier alpha value is -1.07. The maximum Gasteiger partial charge on any atom is 0.223 e. The number of hydrogen-bond acceptors (Lipinski definition) is 4. The summed E-state index contributed by atoms with van der Waals surface area (Å²) < 4.78 is 24.1. The van der Waals surface area contributed by atoms with Crippen LogP contribution < -0.4 is 0 Å². The van der Waals surface area contributed by atoms with Gasteiger partial charge in [-0.15, -0.1) is 11.6 Å². The van der Waals surface area contributed by atoms with Crippen LogP contribution in [0, 0.1) is 0 Å². The molecule has 4 nitrogen and oxygen atoms in total. The number of oxime groups is 1. The summed E-state index contributed by atoms with van der Waals surface area (Å²) >= 11 is 5.58. The van der Waals surface area contributed by atoms with Crippen molar-refractivity contribution in [1.29, 1.82) is 0 Å². The first kappa shape index (κ1) is 11.4. The molecule has 0 aliphatic carbocycles. The normalized spacial score (nSPS) is 20.3. The van der Waals surface area contributed by atoms with Gasteiger partial charge in [0.25, 0.3) is 0 Å². The van der Waals surface area contributed by atoms with Crippen molar-refractivity contribution in [2.75, 3.05) is 5.88 Å². The van der Waals surface area contributed by atoms with E-state index < -0.39 is 9.84 Å². The van der Waals surface area contributed by atoms with E-state index in [0.717, 1.165) is 0 Å². The Labute approximate surface area is 98.8 Å². The Morgan fingerprint density at radius 2 is 2.06 bits per heavy atom. The quantitative estimate of drug-likeness (QED) is 0.761. The van der Waals surface area contributed by atoms with Gasteiger partial charge in [0.1, 0.15) is 6.10 Å². The largest absolute Gasteiger partial charge is 0.390 e. The van der Waals surface area contributed by atoms with Gasteiger partial charge in [-0.2, -0.15) is 0 Å². The van der Waals surface area contributed by atoms with Crippen LogP contribution in [0.4, 0.5) is 0 Å². The highest BCUT2D eigenvalue weighted by Crippen LogP contribution is 2.21. The average Bonchev–Trinajstić information content (AvgIpc) is 2.79. The minimum atomic E-state index is -3.52. The zero-order valence-corrected chi connectivity index (χ0v) is 9.91. The van der Waals surface area contributed by atoms with Crippen molar-refractivity contribution in [3.05, 3.63) is 30.3 Å². The fourth-order valence-electron chi connectivity index (χ4n) is 1.38. The van der Waals surface area contributed by atoms with E-state index in [1.807, 2.05) is 0 Å². The minimum absolute atomic E-state index is 0.0457. The van der Waals surface area contributed by atoms with E-state index >= 15 is 0 Å². The van der Waals surface area contributed by atoms with Crippen molar-refractivity contribution in [1.82, 2.24) is 0 Å². The van der Waals surface area contributed by atoms with Crippen LogP contribution >= 0.6 is 11.6 Å². The molecule has 0 saturated heterocycles. The number of hydrogen-bond donors (Lipinski definition) is 0. The summed E-state index contributed by atoms with van der Waals surface area (Å²) in [5, 5.41) is 3.63. The third-order valence-electron chi connectivity index (χ3n) is 2.24. The van der Waals surface area contributed by atoms with Crippen LogP contribution in [0.3, 0.4) is 0 Å². The molecule has 1 unspecified atom stereocenters. The molecule has 1 atom stereocenters. The Bertz CT molecular complexity index is 498. The molecule has 0 aromatic heterocycles. The first-order valence-corrected chi connectivity index (χ1v) is 6.75. The second-order valence-electron chi connectivity index (χ2n) is 3.39. The molecule has 1 aromatic rings. The number of alkyl halides is 1. The number of benzene rings is 1. The lowest BCUT2D eigenvalue weighted by Gasteiger charge is -2.02. The lowest BCUT2D eigenvalue weighted by molar-refractivity contribution is 0.102. The van der Waals surface area contributed by atoms with Crippen LogP contribution in [-0.2, 0) is 14.7 Å². The highest BCUT2D eigenvalue weighted by molar-refractivity contribution is 8.06. The molecule has 6 heteroatoms. The smallest absolute Gasteiger partial charge is 0.223 e. The first-order valence-electron chi connectivity index (χ1n) is 4.73. The summed E-state index contributed by atoms with van der Waals surface area (Å²) in [5.41, 5.74) is 0. The lowest BCUT2D eigenvalue weighted by Crippen LogP contribution is -2.16. The first-order chi connectivity index (χ1) is 7.64. The third kappa shape index (κ3) is 2.05. The molecule has 0 N–H and O–H groups in total. The molecule has 2 rings (SSSR count). The van der Waals surface area contributed by atoms with Gasteiger partial charge in [-0.1, -0.05) is 23.4 Å². The van der Waals surface area contributed by atoms with E-state index in [2.05, 4.69) is 5.16 Å². The van der Waals surface area contributed by atoms with Crippen molar-refractivity contribution in [3.8, 4) is 0 Å². The number of halogens is 1. The van der Waals surface area contributed by atoms with Crippen LogP contribution in [0.1, 0.15) is 6.42 Å². The minimum Gasteiger partial charge on any atom is -0.390 e. The Morgan fingerprint density at radius 3 is 2.62 bits per heavy atom. The fourth-order valence-corrected chi connectivity index (χ4v) is 2.88. The molecule has 0 spiro atoms. The van der Waals surface area contributed by atoms with E-state index in [-0.39, 0.29) is 28.3 Å². The van der Waals surface area contributed by atoms with E-state index in [9.17, 15) is 8.42 Å². The van der Waals surface area contributed by atoms with Crippen molar-refractivity contribution in [3.63, 3.8) is 0 Å². The third-order valence-corrected chi connectivity index (χ3v) is 4.34. The fraction of sp³-hybridized carbons (Fsp3) is 0.300. The second-order valence-corrected chi connectivity index (χ2v) is 5.65. The summed E-state index contributed by atoms with van der Waals surface area (Å²) in [6, 6.07) is 8.16. The molecule has 0 radical (unpaired) electrons. The summed E-state index contributed by atoms with van der Waals surface area (Å²) in [6.07, 6.45) is -0.101. The molecule has 86 valence electrons. The van der Waals surface area contributed by atoms with Crippen molar-refractivity contribution in [2.24, 2.45) is 5.16 Å². The van der Waals surface area contributed by atoms with Gasteiger partial charge in [0.2, 0.25) is 9.84 Å². The number of sulfone groups is 1. The van der Waals surface area contributed by atoms with Gasteiger partial charge in [-0.25, -0.2) is 8.42 Å². The molecular formula is C10H10ClNO3S. The molecule has 0 bridgehead atoms. The predicted molar refractivity (Wildman–Crippen MR) is 61.3 cm³/mol. The average molecular weight is 260 g/mol. The van der Waals surface area contributed by atoms with Gasteiger partial charge < -0.3 is 4.84 Å². The molecule has 0 amide bonds. The molecule has 0 saturated carbocycles. The second kappa shape index (κ2) is 4.43. The standard InChI is InChI=1S/C10H10ClNO3S/c11-7-8-6-10(12-15-8)16(13,14)9-4-2-1-3-5-9/h1-5,8H,6-7H2. The van der Waals surface area contributed by atoms with Gasteiger partial charge in [0.05, 0.1) is 10.8 Å². The summed E-state index contributed by atoms with van der Waals surface area (Å²) in [5.74, 6) is 0.233. The van der Waals surface area contributed by atoms with Gasteiger partial charge in [0, 0.05) is 6.42 Å². The topological polar surface area (TPSA) is 55.7 Å². The van der Waals surface area contributed by atoms with Gasteiger partial charge in [0.15, 0.2) is 5.04 Å². The molecule has 1 aromatic carbocycles. The predicted octanol–water partition coefficient (Wildman–Crippen LogP) is 1.80.